The number of likely N-dealkylation sites (tertiary alicyclic amines) is 1. The molecule has 6 heteroatoms. The van der Waals surface area contributed by atoms with Crippen LogP contribution in [0.5, 0.6) is 5.75 Å². The Balaban J connectivity index is 0.00000288. The topological polar surface area (TPSA) is 62.9 Å². The van der Waals surface area contributed by atoms with Crippen LogP contribution in [0.15, 0.2) is 29.3 Å². The molecule has 1 heterocycles. The highest BCUT2D eigenvalue weighted by molar-refractivity contribution is 14.0. The molecule has 24 heavy (non-hydrogen) atoms. The maximum atomic E-state index is 5.98. The van der Waals surface area contributed by atoms with Gasteiger partial charge in [0.25, 0.3) is 0 Å². The van der Waals surface area contributed by atoms with Crippen LogP contribution in [0.1, 0.15) is 32.3 Å². The first-order valence-corrected chi connectivity index (χ1v) is 8.60. The number of hydrogen-bond donors (Lipinski definition) is 2. The van der Waals surface area contributed by atoms with Crippen LogP contribution in [0.3, 0.4) is 0 Å². The number of nitrogens with two attached hydrogens (primary N) is 1. The molecule has 0 radical (unpaired) electrons. The number of halogens is 1. The number of benzene rings is 1. The summed E-state index contributed by atoms with van der Waals surface area (Å²) in [7, 11) is 0. The molecule has 1 saturated heterocycles. The van der Waals surface area contributed by atoms with Gasteiger partial charge in [0.2, 0.25) is 0 Å². The molecular formula is C18H31IN4O. The number of para-hydroxylation sites is 1. The number of aliphatic imine (C=N–C) groups is 1. The summed E-state index contributed by atoms with van der Waals surface area (Å²) in [5.74, 6) is 1.42. The molecule has 1 aromatic carbocycles. The smallest absolute Gasteiger partial charge is 0.188 e. The zero-order valence-corrected chi connectivity index (χ0v) is 17.3. The third kappa shape index (κ3) is 6.47. The molecule has 2 unspecified atom stereocenters. The van der Waals surface area contributed by atoms with Gasteiger partial charge in [-0.1, -0.05) is 25.1 Å². The second-order valence-electron chi connectivity index (χ2n) is 6.23. The summed E-state index contributed by atoms with van der Waals surface area (Å²) in [5, 5.41) is 3.25. The molecule has 1 aliphatic heterocycles. The minimum Gasteiger partial charge on any atom is -0.489 e. The van der Waals surface area contributed by atoms with Crippen LogP contribution in [-0.4, -0.2) is 49.2 Å². The molecule has 0 aliphatic carbocycles. The van der Waals surface area contributed by atoms with Crippen molar-refractivity contribution in [3.05, 3.63) is 29.8 Å². The van der Waals surface area contributed by atoms with Crippen molar-refractivity contribution in [2.45, 2.75) is 45.8 Å². The number of guanidine groups is 1. The Kier molecular flexibility index (Phi) is 9.43. The molecule has 3 N–H and O–H groups in total. The van der Waals surface area contributed by atoms with Crippen molar-refractivity contribution in [3.63, 3.8) is 0 Å². The Morgan fingerprint density at radius 1 is 1.46 bits per heavy atom. The lowest BCUT2D eigenvalue weighted by Gasteiger charge is -2.23. The minimum atomic E-state index is -0.00456. The van der Waals surface area contributed by atoms with E-state index in [2.05, 4.69) is 22.1 Å². The molecule has 1 fully saturated rings. The number of nitrogens with zero attached hydrogens (tertiary/aromatic N) is 2. The van der Waals surface area contributed by atoms with Crippen molar-refractivity contribution in [3.8, 4) is 5.75 Å². The highest BCUT2D eigenvalue weighted by Gasteiger charge is 2.22. The van der Waals surface area contributed by atoms with E-state index >= 15 is 0 Å². The number of hydrogen-bond acceptors (Lipinski definition) is 3. The van der Waals surface area contributed by atoms with Gasteiger partial charge in [-0.3, -0.25) is 4.90 Å². The summed E-state index contributed by atoms with van der Waals surface area (Å²) >= 11 is 0. The van der Waals surface area contributed by atoms with Gasteiger partial charge in [0.15, 0.2) is 5.96 Å². The van der Waals surface area contributed by atoms with Gasteiger partial charge >= 0.3 is 0 Å². The van der Waals surface area contributed by atoms with Gasteiger partial charge in [0.1, 0.15) is 11.9 Å². The summed E-state index contributed by atoms with van der Waals surface area (Å²) in [6.45, 7) is 9.99. The predicted molar refractivity (Wildman–Crippen MR) is 111 cm³/mol. The Labute approximate surface area is 163 Å². The highest BCUT2D eigenvalue weighted by atomic mass is 127. The molecule has 2 rings (SSSR count). The van der Waals surface area contributed by atoms with E-state index in [1.165, 1.54) is 19.4 Å². The minimum absolute atomic E-state index is 0. The van der Waals surface area contributed by atoms with Crippen molar-refractivity contribution in [1.82, 2.24) is 10.2 Å². The van der Waals surface area contributed by atoms with E-state index in [-0.39, 0.29) is 30.1 Å². The van der Waals surface area contributed by atoms with Crippen molar-refractivity contribution in [1.29, 1.82) is 0 Å². The molecule has 1 aliphatic rings. The first-order chi connectivity index (χ1) is 11.1. The van der Waals surface area contributed by atoms with Gasteiger partial charge < -0.3 is 15.8 Å². The SMILES string of the molecule is CCN1CCCC1CNC(N)=NCC(C)Oc1ccccc1C.I. The van der Waals surface area contributed by atoms with Crippen LogP contribution in [0.4, 0.5) is 0 Å². The van der Waals surface area contributed by atoms with Gasteiger partial charge in [0, 0.05) is 12.6 Å². The van der Waals surface area contributed by atoms with E-state index in [4.69, 9.17) is 10.5 Å². The van der Waals surface area contributed by atoms with E-state index in [0.29, 0.717) is 18.5 Å². The molecule has 0 saturated carbocycles. The standard InChI is InChI=1S/C18H30N4O.HI/c1-4-22-11-7-9-16(22)13-21-18(19)20-12-15(3)23-17-10-6-5-8-14(17)2;/h5-6,8,10,15-16H,4,7,9,11-13H2,1-3H3,(H3,19,20,21);1H. The zero-order chi connectivity index (χ0) is 16.7. The molecule has 5 nitrogen and oxygen atoms in total. The fraction of sp³-hybridized carbons (Fsp3) is 0.611. The Morgan fingerprint density at radius 3 is 2.92 bits per heavy atom. The second kappa shape index (κ2) is 10.8. The van der Waals surface area contributed by atoms with Gasteiger partial charge in [0.05, 0.1) is 6.54 Å². The largest absolute Gasteiger partial charge is 0.489 e. The first-order valence-electron chi connectivity index (χ1n) is 8.60. The van der Waals surface area contributed by atoms with E-state index < -0.39 is 0 Å². The fourth-order valence-corrected chi connectivity index (χ4v) is 2.99. The molecule has 0 bridgehead atoms. The summed E-state index contributed by atoms with van der Waals surface area (Å²) in [6, 6.07) is 8.60. The number of likely N-dealkylation sites (N-methyl/N-ethyl adjacent to an activating group) is 1. The molecule has 0 aromatic heterocycles. The van der Waals surface area contributed by atoms with Gasteiger partial charge in [-0.25, -0.2) is 4.99 Å². The molecule has 0 spiro atoms. The second-order valence-corrected chi connectivity index (χ2v) is 6.23. The van der Waals surface area contributed by atoms with Crippen LogP contribution < -0.4 is 15.8 Å². The van der Waals surface area contributed by atoms with Crippen molar-refractivity contribution in [2.75, 3.05) is 26.2 Å². The van der Waals surface area contributed by atoms with E-state index in [1.54, 1.807) is 0 Å². The van der Waals surface area contributed by atoms with Crippen LogP contribution in [0.25, 0.3) is 0 Å². The maximum absolute atomic E-state index is 5.98. The molecule has 0 amide bonds. The average Bonchev–Trinajstić information content (AvgIpc) is 3.00. The molecule has 1 aromatic rings. The Hall–Kier alpha value is -1.02. The van der Waals surface area contributed by atoms with Crippen LogP contribution in [0.2, 0.25) is 0 Å². The maximum Gasteiger partial charge on any atom is 0.188 e. The van der Waals surface area contributed by atoms with Gasteiger partial charge in [-0.15, -0.1) is 24.0 Å². The van der Waals surface area contributed by atoms with Crippen LogP contribution >= 0.6 is 24.0 Å². The predicted octanol–water partition coefficient (Wildman–Crippen LogP) is 2.77. The highest BCUT2D eigenvalue weighted by Crippen LogP contribution is 2.18. The monoisotopic (exact) mass is 446 g/mol. The lowest BCUT2D eigenvalue weighted by atomic mass is 10.2. The zero-order valence-electron chi connectivity index (χ0n) is 15.0. The van der Waals surface area contributed by atoms with Crippen molar-refractivity contribution >= 4 is 29.9 Å². The van der Waals surface area contributed by atoms with E-state index in [0.717, 1.165) is 24.4 Å². The molecule has 136 valence electrons. The van der Waals surface area contributed by atoms with Crippen molar-refractivity contribution in [2.24, 2.45) is 10.7 Å². The third-order valence-corrected chi connectivity index (χ3v) is 4.36. The number of ether oxygens (including phenoxy) is 1. The number of rotatable bonds is 7. The normalized spacial score (nSPS) is 19.6. The molecular weight excluding hydrogens is 415 g/mol. The quantitative estimate of drug-likeness (QED) is 0.384. The van der Waals surface area contributed by atoms with Crippen LogP contribution in [-0.2, 0) is 0 Å². The van der Waals surface area contributed by atoms with Crippen LogP contribution in [0, 0.1) is 6.92 Å². The Morgan fingerprint density at radius 2 is 2.21 bits per heavy atom. The molecule has 2 atom stereocenters. The lowest BCUT2D eigenvalue weighted by Crippen LogP contribution is -2.43. The van der Waals surface area contributed by atoms with E-state index in [9.17, 15) is 0 Å². The van der Waals surface area contributed by atoms with Gasteiger partial charge in [-0.05, 0) is 51.4 Å². The summed E-state index contributed by atoms with van der Waals surface area (Å²) in [6.07, 6.45) is 2.51. The lowest BCUT2D eigenvalue weighted by molar-refractivity contribution is 0.228. The fourth-order valence-electron chi connectivity index (χ4n) is 2.99. The van der Waals surface area contributed by atoms with E-state index in [1.807, 2.05) is 38.1 Å². The average molecular weight is 446 g/mol. The summed E-state index contributed by atoms with van der Waals surface area (Å²) in [5.41, 5.74) is 7.11. The summed E-state index contributed by atoms with van der Waals surface area (Å²) in [4.78, 5) is 6.89. The third-order valence-electron chi connectivity index (χ3n) is 4.36. The van der Waals surface area contributed by atoms with Crippen molar-refractivity contribution < 1.29 is 4.74 Å². The van der Waals surface area contributed by atoms with Gasteiger partial charge in [-0.2, -0.15) is 0 Å². The number of aryl methyl sites for hydroxylation is 1. The number of nitrogens with one attached hydrogen (secondary N) is 1. The first kappa shape index (κ1) is 21.0. The summed E-state index contributed by atoms with van der Waals surface area (Å²) < 4.78 is 5.91. The Bertz CT molecular complexity index is 523.